The van der Waals surface area contributed by atoms with Crippen LogP contribution in [0.3, 0.4) is 0 Å². The Morgan fingerprint density at radius 2 is 1.19 bits per heavy atom. The summed E-state index contributed by atoms with van der Waals surface area (Å²) in [5, 5.41) is 13.7. The summed E-state index contributed by atoms with van der Waals surface area (Å²) in [6.45, 7) is 6.27. The molecule has 0 spiro atoms. The Morgan fingerprint density at radius 3 is 1.52 bits per heavy atom. The van der Waals surface area contributed by atoms with Crippen molar-refractivity contribution in [2.45, 2.75) is 19.6 Å². The highest BCUT2D eigenvalue weighted by molar-refractivity contribution is 5.48. The van der Waals surface area contributed by atoms with Gasteiger partial charge in [-0.05, 0) is 44.2 Å². The van der Waals surface area contributed by atoms with E-state index in [-0.39, 0.29) is 0 Å². The lowest BCUT2D eigenvalue weighted by atomic mass is 10.1. The minimum Gasteiger partial charge on any atom is -0.372 e. The number of anilines is 1. The number of hydrogen-bond donors (Lipinski definition) is 0. The topological polar surface area (TPSA) is 56.7 Å². The van der Waals surface area contributed by atoms with Crippen LogP contribution in [0.2, 0.25) is 0 Å². The molecule has 0 aliphatic rings. The van der Waals surface area contributed by atoms with Gasteiger partial charge >= 0.3 is 0 Å². The van der Waals surface area contributed by atoms with E-state index < -0.39 is 5.79 Å². The maximum absolute atomic E-state index is 4.55. The third-order valence-corrected chi connectivity index (χ3v) is 4.85. The Morgan fingerprint density at radius 1 is 0.741 bits per heavy atom. The number of hydrogen-bond acceptors (Lipinski definition) is 4. The van der Waals surface area contributed by atoms with Crippen molar-refractivity contribution in [2.24, 2.45) is 0 Å². The zero-order chi connectivity index (χ0) is 18.7. The molecular weight excluding hydrogens is 338 g/mol. The fourth-order valence-corrected chi connectivity index (χ4v) is 3.56. The van der Waals surface area contributed by atoms with E-state index in [0.717, 1.165) is 18.7 Å². The molecule has 0 unspecified atom stereocenters. The highest BCUT2D eigenvalue weighted by atomic mass is 15.6. The summed E-state index contributed by atoms with van der Waals surface area (Å²) in [6, 6.07) is 14.3. The molecule has 3 aromatic heterocycles. The van der Waals surface area contributed by atoms with Crippen LogP contribution in [0.25, 0.3) is 0 Å². The average Bonchev–Trinajstić information content (AvgIpc) is 3.49. The second-order valence-electron chi connectivity index (χ2n) is 6.21. The standard InChI is InChI=1S/C20H23N7/c1-3-24(4-2)19-10-8-18(9-11-19)20(25-15-5-12-21-25,26-16-6-13-22-26)27-17-7-14-23-27/h5-17H,3-4H2,1-2H3. The first-order valence-corrected chi connectivity index (χ1v) is 9.16. The molecule has 0 bridgehead atoms. The number of benzene rings is 1. The molecule has 27 heavy (non-hydrogen) atoms. The van der Waals surface area contributed by atoms with Crippen molar-refractivity contribution in [3.05, 3.63) is 85.2 Å². The fourth-order valence-electron chi connectivity index (χ4n) is 3.56. The van der Waals surface area contributed by atoms with Crippen LogP contribution in [-0.2, 0) is 5.79 Å². The van der Waals surface area contributed by atoms with Gasteiger partial charge in [-0.1, -0.05) is 12.1 Å². The van der Waals surface area contributed by atoms with Crippen LogP contribution in [-0.4, -0.2) is 42.4 Å². The van der Waals surface area contributed by atoms with Crippen LogP contribution in [0.1, 0.15) is 19.4 Å². The van der Waals surface area contributed by atoms with E-state index in [2.05, 4.69) is 58.3 Å². The van der Waals surface area contributed by atoms with Crippen molar-refractivity contribution in [3.63, 3.8) is 0 Å². The van der Waals surface area contributed by atoms with Crippen molar-refractivity contribution in [3.8, 4) is 0 Å². The van der Waals surface area contributed by atoms with Crippen molar-refractivity contribution >= 4 is 5.69 Å². The lowest BCUT2D eigenvalue weighted by Crippen LogP contribution is -2.50. The van der Waals surface area contributed by atoms with Crippen LogP contribution >= 0.6 is 0 Å². The molecule has 0 radical (unpaired) electrons. The Labute approximate surface area is 158 Å². The maximum atomic E-state index is 4.55. The van der Waals surface area contributed by atoms with Gasteiger partial charge in [-0.3, -0.25) is 0 Å². The zero-order valence-electron chi connectivity index (χ0n) is 15.6. The lowest BCUT2D eigenvalue weighted by Gasteiger charge is -2.35. The van der Waals surface area contributed by atoms with Crippen LogP contribution in [0, 0.1) is 0 Å². The van der Waals surface area contributed by atoms with Crippen LogP contribution < -0.4 is 4.90 Å². The molecule has 0 amide bonds. The molecule has 4 aromatic rings. The number of aromatic nitrogens is 6. The fraction of sp³-hybridized carbons (Fsp3) is 0.250. The van der Waals surface area contributed by atoms with Crippen molar-refractivity contribution < 1.29 is 0 Å². The van der Waals surface area contributed by atoms with Crippen LogP contribution in [0.15, 0.2) is 79.6 Å². The Balaban J connectivity index is 1.94. The van der Waals surface area contributed by atoms with Gasteiger partial charge in [0.05, 0.1) is 0 Å². The first-order valence-electron chi connectivity index (χ1n) is 9.16. The quantitative estimate of drug-likeness (QED) is 0.508. The SMILES string of the molecule is CCN(CC)c1ccc(C(n2cccn2)(n2cccn2)n2cccn2)cc1. The molecule has 7 heteroatoms. The molecule has 0 saturated carbocycles. The second-order valence-corrected chi connectivity index (χ2v) is 6.21. The molecule has 1 aromatic carbocycles. The number of rotatable bonds is 7. The summed E-state index contributed by atoms with van der Waals surface area (Å²) in [4.78, 5) is 2.32. The number of nitrogens with zero attached hydrogens (tertiary/aromatic N) is 7. The molecule has 0 atom stereocenters. The van der Waals surface area contributed by atoms with Gasteiger partial charge in [0.15, 0.2) is 0 Å². The lowest BCUT2D eigenvalue weighted by molar-refractivity contribution is 0.169. The predicted molar refractivity (Wildman–Crippen MR) is 105 cm³/mol. The average molecular weight is 361 g/mol. The zero-order valence-corrected chi connectivity index (χ0v) is 15.6. The molecule has 0 saturated heterocycles. The van der Waals surface area contributed by atoms with Crippen molar-refractivity contribution in [1.29, 1.82) is 0 Å². The summed E-state index contributed by atoms with van der Waals surface area (Å²) in [6.07, 6.45) is 11.1. The van der Waals surface area contributed by atoms with E-state index >= 15 is 0 Å². The van der Waals surface area contributed by atoms with Gasteiger partial charge in [0.2, 0.25) is 0 Å². The highest BCUT2D eigenvalue weighted by Gasteiger charge is 2.40. The summed E-state index contributed by atoms with van der Waals surface area (Å²) in [5.74, 6) is -0.863. The van der Waals surface area contributed by atoms with Gasteiger partial charge < -0.3 is 4.90 Å². The first kappa shape index (κ1) is 17.1. The Kier molecular flexibility index (Phi) is 4.50. The highest BCUT2D eigenvalue weighted by Crippen LogP contribution is 2.30. The third kappa shape index (κ3) is 2.71. The molecule has 0 aliphatic heterocycles. The summed E-state index contributed by atoms with van der Waals surface area (Å²) in [5.41, 5.74) is 2.20. The molecule has 3 heterocycles. The molecule has 7 nitrogen and oxygen atoms in total. The maximum Gasteiger partial charge on any atom is 0.276 e. The second kappa shape index (κ2) is 7.11. The summed E-state index contributed by atoms with van der Waals surface area (Å²) >= 11 is 0. The van der Waals surface area contributed by atoms with E-state index in [1.807, 2.05) is 50.8 Å². The molecule has 0 fully saturated rings. The summed E-state index contributed by atoms with van der Waals surface area (Å²) in [7, 11) is 0. The monoisotopic (exact) mass is 361 g/mol. The Hall–Kier alpha value is -3.35. The van der Waals surface area contributed by atoms with E-state index in [4.69, 9.17) is 0 Å². The third-order valence-electron chi connectivity index (χ3n) is 4.85. The van der Waals surface area contributed by atoms with Gasteiger partial charge in [0.25, 0.3) is 5.79 Å². The largest absolute Gasteiger partial charge is 0.372 e. The van der Waals surface area contributed by atoms with Crippen LogP contribution in [0.4, 0.5) is 5.69 Å². The first-order chi connectivity index (χ1) is 13.3. The molecule has 4 rings (SSSR count). The van der Waals surface area contributed by atoms with E-state index in [1.165, 1.54) is 5.69 Å². The van der Waals surface area contributed by atoms with Crippen LogP contribution in [0.5, 0.6) is 0 Å². The normalized spacial score (nSPS) is 11.6. The van der Waals surface area contributed by atoms with Crippen molar-refractivity contribution in [1.82, 2.24) is 29.3 Å². The van der Waals surface area contributed by atoms with Gasteiger partial charge in [-0.2, -0.15) is 15.3 Å². The van der Waals surface area contributed by atoms with E-state index in [1.54, 1.807) is 18.6 Å². The Bertz CT molecular complexity index is 850. The summed E-state index contributed by atoms with van der Waals surface area (Å²) < 4.78 is 5.62. The van der Waals surface area contributed by atoms with Gasteiger partial charge in [-0.25, -0.2) is 14.0 Å². The molecular formula is C20H23N7. The van der Waals surface area contributed by atoms with Gasteiger partial charge in [-0.15, -0.1) is 0 Å². The predicted octanol–water partition coefficient (Wildman–Crippen LogP) is 2.88. The van der Waals surface area contributed by atoms with Gasteiger partial charge in [0.1, 0.15) is 0 Å². The van der Waals surface area contributed by atoms with Crippen molar-refractivity contribution in [2.75, 3.05) is 18.0 Å². The smallest absolute Gasteiger partial charge is 0.276 e. The molecule has 138 valence electrons. The van der Waals surface area contributed by atoms with E-state index in [0.29, 0.717) is 0 Å². The molecule has 0 N–H and O–H groups in total. The van der Waals surface area contributed by atoms with Gasteiger partial charge in [0, 0.05) is 61.5 Å². The van der Waals surface area contributed by atoms with E-state index in [9.17, 15) is 0 Å². The minimum absolute atomic E-state index is 0.863. The molecule has 0 aliphatic carbocycles. The minimum atomic E-state index is -0.863.